The van der Waals surface area contributed by atoms with Gasteiger partial charge < -0.3 is 14.1 Å². The van der Waals surface area contributed by atoms with E-state index in [2.05, 4.69) is 12.1 Å². The molecule has 1 saturated carbocycles. The van der Waals surface area contributed by atoms with Crippen molar-refractivity contribution in [2.24, 2.45) is 5.92 Å². The van der Waals surface area contributed by atoms with Gasteiger partial charge in [-0.3, -0.25) is 9.59 Å². The van der Waals surface area contributed by atoms with Gasteiger partial charge in [0.2, 0.25) is 0 Å². The van der Waals surface area contributed by atoms with Crippen LogP contribution in [0.25, 0.3) is 0 Å². The van der Waals surface area contributed by atoms with Crippen LogP contribution >= 0.6 is 0 Å². The van der Waals surface area contributed by atoms with Gasteiger partial charge in [-0.2, -0.15) is 0 Å². The van der Waals surface area contributed by atoms with Gasteiger partial charge in [-0.1, -0.05) is 56.0 Å². The topological polar surface area (TPSA) is 46.6 Å². The molecule has 1 atom stereocenters. The maximum absolute atomic E-state index is 13.8. The van der Waals surface area contributed by atoms with Crippen molar-refractivity contribution in [1.82, 2.24) is 4.90 Å². The Labute approximate surface area is 192 Å². The van der Waals surface area contributed by atoms with Crippen molar-refractivity contribution in [3.8, 4) is 0 Å². The van der Waals surface area contributed by atoms with Crippen molar-refractivity contribution < 1.29 is 18.8 Å². The standard InChI is InChI=1S/C27H39N2O3/c30-25(28-16-8-9-17-28)21-29-18-12-22(13-19-29)24(20-29)32-26(31)27(14-6-1-2-7-15-27)23-10-4-3-5-11-23/h3-5,10-11,22,24H,1-2,6-9,12-21H2/q+1/t22?,24-,29?/m0/s1. The molecule has 0 radical (unpaired) electrons. The van der Waals surface area contributed by atoms with Crippen LogP contribution in [-0.4, -0.2) is 66.6 Å². The fraction of sp³-hybridized carbons (Fsp3) is 0.704. The van der Waals surface area contributed by atoms with Crippen molar-refractivity contribution in [3.05, 3.63) is 35.9 Å². The number of rotatable bonds is 5. The summed E-state index contributed by atoms with van der Waals surface area (Å²) in [5.41, 5.74) is 0.626. The minimum absolute atomic E-state index is 0.00614. The average Bonchev–Trinajstić information content (AvgIpc) is 3.25. The molecule has 5 fully saturated rings. The van der Waals surface area contributed by atoms with E-state index in [0.717, 1.165) is 94.1 Å². The van der Waals surface area contributed by atoms with E-state index in [1.165, 1.54) is 12.8 Å². The molecule has 0 unspecified atom stereocenters. The van der Waals surface area contributed by atoms with Gasteiger partial charge in [-0.15, -0.1) is 0 Å². The SMILES string of the molecule is O=C(C[N+]12CCC(CC1)[C@@H](OC(=O)C1(c3ccccc3)CCCCCC1)C2)N1CCCC1. The molecule has 4 heterocycles. The number of amides is 1. The Kier molecular flexibility index (Phi) is 6.28. The number of hydrogen-bond acceptors (Lipinski definition) is 3. The zero-order valence-electron chi connectivity index (χ0n) is 19.5. The molecular weight excluding hydrogens is 400 g/mol. The van der Waals surface area contributed by atoms with Gasteiger partial charge in [0.25, 0.3) is 5.91 Å². The summed E-state index contributed by atoms with van der Waals surface area (Å²) >= 11 is 0. The average molecular weight is 440 g/mol. The molecule has 5 nitrogen and oxygen atoms in total. The molecule has 0 spiro atoms. The van der Waals surface area contributed by atoms with Crippen LogP contribution in [0.4, 0.5) is 0 Å². The van der Waals surface area contributed by atoms with Crippen LogP contribution in [-0.2, 0) is 19.7 Å². The summed E-state index contributed by atoms with van der Waals surface area (Å²) in [7, 11) is 0. The number of hydrogen-bond donors (Lipinski definition) is 0. The first kappa shape index (κ1) is 21.9. The van der Waals surface area contributed by atoms with E-state index in [1.54, 1.807) is 0 Å². The molecule has 2 bridgehead atoms. The lowest BCUT2D eigenvalue weighted by Gasteiger charge is -2.52. The number of carbonyl (C=O) groups is 2. The fourth-order valence-corrected chi connectivity index (χ4v) is 6.88. The zero-order chi connectivity index (χ0) is 22.0. The smallest absolute Gasteiger partial charge is 0.317 e. The maximum Gasteiger partial charge on any atom is 0.317 e. The Bertz CT molecular complexity index is 801. The number of nitrogens with zero attached hydrogens (tertiary/aromatic N) is 2. The first-order valence-corrected chi connectivity index (χ1v) is 13.0. The van der Waals surface area contributed by atoms with E-state index < -0.39 is 5.41 Å². The zero-order valence-corrected chi connectivity index (χ0v) is 19.5. The van der Waals surface area contributed by atoms with Crippen LogP contribution in [0.3, 0.4) is 0 Å². The highest BCUT2D eigenvalue weighted by Gasteiger charge is 2.51. The van der Waals surface area contributed by atoms with Gasteiger partial charge in [-0.25, -0.2) is 0 Å². The van der Waals surface area contributed by atoms with Crippen LogP contribution in [0, 0.1) is 5.92 Å². The van der Waals surface area contributed by atoms with E-state index in [4.69, 9.17) is 4.74 Å². The number of esters is 1. The van der Waals surface area contributed by atoms with E-state index >= 15 is 0 Å². The van der Waals surface area contributed by atoms with Crippen LogP contribution in [0.15, 0.2) is 30.3 Å². The summed E-state index contributed by atoms with van der Waals surface area (Å²) < 4.78 is 7.25. The van der Waals surface area contributed by atoms with Crippen LogP contribution < -0.4 is 0 Å². The number of ether oxygens (including phenoxy) is 1. The van der Waals surface area contributed by atoms with Gasteiger partial charge in [-0.05, 0) is 31.2 Å². The third kappa shape index (κ3) is 4.21. The molecule has 5 heteroatoms. The minimum Gasteiger partial charge on any atom is -0.455 e. The molecule has 5 aliphatic rings. The summed E-state index contributed by atoms with van der Waals surface area (Å²) in [6.07, 6.45) is 10.7. The van der Waals surface area contributed by atoms with Crippen molar-refractivity contribution in [1.29, 1.82) is 0 Å². The van der Waals surface area contributed by atoms with Crippen molar-refractivity contribution in [2.75, 3.05) is 39.3 Å². The highest BCUT2D eigenvalue weighted by Crippen LogP contribution is 2.42. The number of fused-ring (bicyclic) bond motifs is 3. The Morgan fingerprint density at radius 3 is 2.25 bits per heavy atom. The largest absolute Gasteiger partial charge is 0.455 e. The molecule has 1 aliphatic carbocycles. The highest BCUT2D eigenvalue weighted by molar-refractivity contribution is 5.83. The molecular formula is C27H39N2O3+. The van der Waals surface area contributed by atoms with Gasteiger partial charge in [0.1, 0.15) is 6.54 Å². The van der Waals surface area contributed by atoms with Crippen molar-refractivity contribution in [2.45, 2.75) is 75.7 Å². The number of carbonyl (C=O) groups excluding carboxylic acids is 2. The van der Waals surface area contributed by atoms with E-state index in [0.29, 0.717) is 18.4 Å². The Morgan fingerprint density at radius 2 is 1.59 bits per heavy atom. The molecule has 4 saturated heterocycles. The number of piperidine rings is 3. The second kappa shape index (κ2) is 9.17. The maximum atomic E-state index is 13.8. The summed E-state index contributed by atoms with van der Waals surface area (Å²) in [4.78, 5) is 28.8. The monoisotopic (exact) mass is 439 g/mol. The second-order valence-electron chi connectivity index (χ2n) is 10.9. The summed E-state index contributed by atoms with van der Waals surface area (Å²) in [6.45, 7) is 5.36. The Hall–Kier alpha value is -1.88. The Morgan fingerprint density at radius 1 is 0.938 bits per heavy atom. The number of likely N-dealkylation sites (tertiary alicyclic amines) is 1. The van der Waals surface area contributed by atoms with Crippen molar-refractivity contribution in [3.63, 3.8) is 0 Å². The Balaban J connectivity index is 1.32. The quantitative estimate of drug-likeness (QED) is 0.395. The predicted molar refractivity (Wildman–Crippen MR) is 124 cm³/mol. The molecule has 0 aromatic heterocycles. The molecule has 1 aromatic carbocycles. The molecule has 1 aromatic rings. The van der Waals surface area contributed by atoms with E-state index in [1.807, 2.05) is 23.1 Å². The predicted octanol–water partition coefficient (Wildman–Crippen LogP) is 4.05. The van der Waals surface area contributed by atoms with E-state index in [9.17, 15) is 9.59 Å². The lowest BCUT2D eigenvalue weighted by molar-refractivity contribution is -0.939. The van der Waals surface area contributed by atoms with Crippen LogP contribution in [0.1, 0.15) is 69.8 Å². The normalized spacial score (nSPS) is 31.8. The third-order valence-electron chi connectivity index (χ3n) is 8.90. The lowest BCUT2D eigenvalue weighted by atomic mass is 9.74. The van der Waals surface area contributed by atoms with Crippen LogP contribution in [0.5, 0.6) is 0 Å². The highest BCUT2D eigenvalue weighted by atomic mass is 16.5. The molecule has 1 amide bonds. The van der Waals surface area contributed by atoms with Gasteiger partial charge in [0, 0.05) is 31.8 Å². The molecule has 6 rings (SSSR count). The summed E-state index contributed by atoms with van der Waals surface area (Å²) in [5, 5.41) is 0. The molecule has 174 valence electrons. The minimum atomic E-state index is -0.500. The molecule has 4 aliphatic heterocycles. The first-order chi connectivity index (χ1) is 15.6. The van der Waals surface area contributed by atoms with Gasteiger partial charge >= 0.3 is 5.97 Å². The van der Waals surface area contributed by atoms with Crippen molar-refractivity contribution >= 4 is 11.9 Å². The number of quaternary nitrogens is 1. The molecule has 32 heavy (non-hydrogen) atoms. The van der Waals surface area contributed by atoms with E-state index in [-0.39, 0.29) is 12.1 Å². The second-order valence-corrected chi connectivity index (χ2v) is 10.9. The van der Waals surface area contributed by atoms with Crippen LogP contribution in [0.2, 0.25) is 0 Å². The van der Waals surface area contributed by atoms with Gasteiger partial charge in [0.15, 0.2) is 12.6 Å². The fourth-order valence-electron chi connectivity index (χ4n) is 6.88. The third-order valence-corrected chi connectivity index (χ3v) is 8.90. The summed E-state index contributed by atoms with van der Waals surface area (Å²) in [6, 6.07) is 10.4. The lowest BCUT2D eigenvalue weighted by Crippen LogP contribution is -2.67. The van der Waals surface area contributed by atoms with Gasteiger partial charge in [0.05, 0.1) is 18.5 Å². The molecule has 0 N–H and O–H groups in total. The summed E-state index contributed by atoms with van der Waals surface area (Å²) in [5.74, 6) is 0.755. The first-order valence-electron chi connectivity index (χ1n) is 13.0. The number of benzene rings is 1.